The Bertz CT molecular complexity index is 382. The van der Waals surface area contributed by atoms with Crippen molar-refractivity contribution in [3.8, 4) is 11.5 Å². The summed E-state index contributed by atoms with van der Waals surface area (Å²) in [6.07, 6.45) is 1.07. The number of nitrogens with zero attached hydrogens (tertiary/aromatic N) is 1. The molecular weight excluding hydrogens is 240 g/mol. The molecule has 1 unspecified atom stereocenters. The van der Waals surface area contributed by atoms with Crippen molar-refractivity contribution in [2.75, 3.05) is 34.4 Å². The van der Waals surface area contributed by atoms with Crippen LogP contribution in [-0.2, 0) is 6.54 Å². The zero-order valence-corrected chi connectivity index (χ0v) is 12.5. The second kappa shape index (κ2) is 8.02. The molecule has 1 aromatic rings. The highest BCUT2D eigenvalue weighted by Crippen LogP contribution is 2.27. The molecule has 108 valence electrons. The lowest BCUT2D eigenvalue weighted by Gasteiger charge is -2.21. The minimum atomic E-state index is 0.621. The summed E-state index contributed by atoms with van der Waals surface area (Å²) in [4.78, 5) is 2.31. The van der Waals surface area contributed by atoms with E-state index < -0.39 is 0 Å². The van der Waals surface area contributed by atoms with Crippen molar-refractivity contribution >= 4 is 0 Å². The molecule has 1 aromatic carbocycles. The quantitative estimate of drug-likeness (QED) is 0.783. The standard InChI is InChI=1S/C15H26N2O2/c1-12(7-8-16)10-17(2)11-13-5-6-14(18-3)15(9-13)19-4/h5-6,9,12H,7-8,10-11,16H2,1-4H3. The number of hydrogen-bond donors (Lipinski definition) is 1. The van der Waals surface area contributed by atoms with E-state index in [4.69, 9.17) is 15.2 Å². The van der Waals surface area contributed by atoms with Crippen LogP contribution in [-0.4, -0.2) is 39.3 Å². The van der Waals surface area contributed by atoms with Gasteiger partial charge in [0.05, 0.1) is 14.2 Å². The largest absolute Gasteiger partial charge is 0.493 e. The van der Waals surface area contributed by atoms with Crippen LogP contribution >= 0.6 is 0 Å². The van der Waals surface area contributed by atoms with Gasteiger partial charge >= 0.3 is 0 Å². The fraction of sp³-hybridized carbons (Fsp3) is 0.600. The molecule has 0 aliphatic rings. The molecule has 0 heterocycles. The van der Waals surface area contributed by atoms with Gasteiger partial charge in [0.25, 0.3) is 0 Å². The Morgan fingerprint density at radius 2 is 1.89 bits per heavy atom. The maximum atomic E-state index is 5.58. The minimum absolute atomic E-state index is 0.621. The zero-order chi connectivity index (χ0) is 14.3. The Morgan fingerprint density at radius 3 is 2.47 bits per heavy atom. The van der Waals surface area contributed by atoms with Crippen LogP contribution in [0.3, 0.4) is 0 Å². The molecule has 0 spiro atoms. The highest BCUT2D eigenvalue weighted by Gasteiger charge is 2.09. The lowest BCUT2D eigenvalue weighted by Crippen LogP contribution is -2.25. The third kappa shape index (κ3) is 5.09. The molecule has 0 amide bonds. The van der Waals surface area contributed by atoms with Crippen LogP contribution in [0.5, 0.6) is 11.5 Å². The van der Waals surface area contributed by atoms with Gasteiger partial charge in [0.2, 0.25) is 0 Å². The highest BCUT2D eigenvalue weighted by molar-refractivity contribution is 5.42. The van der Waals surface area contributed by atoms with E-state index >= 15 is 0 Å². The summed E-state index contributed by atoms with van der Waals surface area (Å²) < 4.78 is 10.6. The van der Waals surface area contributed by atoms with E-state index in [1.54, 1.807) is 14.2 Å². The zero-order valence-electron chi connectivity index (χ0n) is 12.5. The molecule has 1 atom stereocenters. The second-order valence-electron chi connectivity index (χ2n) is 5.07. The fourth-order valence-corrected chi connectivity index (χ4v) is 2.26. The van der Waals surface area contributed by atoms with Crippen molar-refractivity contribution in [2.24, 2.45) is 11.7 Å². The van der Waals surface area contributed by atoms with Gasteiger partial charge in [-0.15, -0.1) is 0 Å². The maximum Gasteiger partial charge on any atom is 0.161 e. The molecule has 0 bridgehead atoms. The first kappa shape index (κ1) is 15.8. The van der Waals surface area contributed by atoms with E-state index in [9.17, 15) is 0 Å². The SMILES string of the molecule is COc1ccc(CN(C)CC(C)CCN)cc1OC. The molecule has 0 radical (unpaired) electrons. The van der Waals surface area contributed by atoms with Crippen molar-refractivity contribution in [1.82, 2.24) is 4.90 Å². The Hall–Kier alpha value is -1.26. The monoisotopic (exact) mass is 266 g/mol. The molecule has 0 fully saturated rings. The average Bonchev–Trinajstić information content (AvgIpc) is 2.38. The summed E-state index contributed by atoms with van der Waals surface area (Å²) in [7, 11) is 5.44. The summed E-state index contributed by atoms with van der Waals surface area (Å²) in [5.74, 6) is 2.17. The Labute approximate surface area is 116 Å². The Balaban J connectivity index is 2.61. The smallest absolute Gasteiger partial charge is 0.161 e. The maximum absolute atomic E-state index is 5.58. The first-order valence-electron chi connectivity index (χ1n) is 6.70. The van der Waals surface area contributed by atoms with Gasteiger partial charge in [-0.25, -0.2) is 0 Å². The van der Waals surface area contributed by atoms with Crippen LogP contribution < -0.4 is 15.2 Å². The van der Waals surface area contributed by atoms with E-state index in [0.717, 1.165) is 37.6 Å². The normalized spacial score (nSPS) is 12.5. The molecule has 1 rings (SSSR count). The van der Waals surface area contributed by atoms with Gasteiger partial charge in [-0.05, 0) is 43.6 Å². The minimum Gasteiger partial charge on any atom is -0.493 e. The number of hydrogen-bond acceptors (Lipinski definition) is 4. The number of ether oxygens (including phenoxy) is 2. The number of benzene rings is 1. The van der Waals surface area contributed by atoms with Crippen molar-refractivity contribution in [2.45, 2.75) is 19.9 Å². The van der Waals surface area contributed by atoms with Crippen LogP contribution in [0.2, 0.25) is 0 Å². The summed E-state index contributed by atoms with van der Waals surface area (Å²) in [5, 5.41) is 0. The molecule has 0 aromatic heterocycles. The van der Waals surface area contributed by atoms with Crippen molar-refractivity contribution in [3.05, 3.63) is 23.8 Å². The molecule has 4 heteroatoms. The number of rotatable bonds is 8. The van der Waals surface area contributed by atoms with E-state index in [1.165, 1.54) is 5.56 Å². The van der Waals surface area contributed by atoms with Crippen LogP contribution in [0.15, 0.2) is 18.2 Å². The van der Waals surface area contributed by atoms with E-state index in [0.29, 0.717) is 5.92 Å². The predicted octanol–water partition coefficient (Wildman–Crippen LogP) is 2.12. The summed E-state index contributed by atoms with van der Waals surface area (Å²) in [5.41, 5.74) is 6.80. The third-order valence-corrected chi connectivity index (χ3v) is 3.18. The average molecular weight is 266 g/mol. The van der Waals surface area contributed by atoms with Gasteiger partial charge in [0.1, 0.15) is 0 Å². The molecule has 2 N–H and O–H groups in total. The summed E-state index contributed by atoms with van der Waals surface area (Å²) in [6, 6.07) is 6.06. The molecule has 4 nitrogen and oxygen atoms in total. The molecular formula is C15H26N2O2. The number of methoxy groups -OCH3 is 2. The van der Waals surface area contributed by atoms with E-state index in [2.05, 4.69) is 24.9 Å². The van der Waals surface area contributed by atoms with Gasteiger partial charge in [-0.2, -0.15) is 0 Å². The van der Waals surface area contributed by atoms with Crippen LogP contribution in [0.1, 0.15) is 18.9 Å². The van der Waals surface area contributed by atoms with Crippen LogP contribution in [0.4, 0.5) is 0 Å². The van der Waals surface area contributed by atoms with Gasteiger partial charge in [-0.1, -0.05) is 13.0 Å². The van der Waals surface area contributed by atoms with E-state index in [1.807, 2.05) is 12.1 Å². The van der Waals surface area contributed by atoms with Crippen molar-refractivity contribution in [3.63, 3.8) is 0 Å². The lowest BCUT2D eigenvalue weighted by atomic mass is 10.1. The van der Waals surface area contributed by atoms with Crippen LogP contribution in [0.25, 0.3) is 0 Å². The Kier molecular flexibility index (Phi) is 6.67. The highest BCUT2D eigenvalue weighted by atomic mass is 16.5. The third-order valence-electron chi connectivity index (χ3n) is 3.18. The Morgan fingerprint density at radius 1 is 1.21 bits per heavy atom. The van der Waals surface area contributed by atoms with E-state index in [-0.39, 0.29) is 0 Å². The second-order valence-corrected chi connectivity index (χ2v) is 5.07. The van der Waals surface area contributed by atoms with Crippen LogP contribution in [0, 0.1) is 5.92 Å². The molecule has 0 aliphatic carbocycles. The number of nitrogens with two attached hydrogens (primary N) is 1. The van der Waals surface area contributed by atoms with Gasteiger partial charge < -0.3 is 20.1 Å². The summed E-state index contributed by atoms with van der Waals surface area (Å²) in [6.45, 7) is 4.93. The van der Waals surface area contributed by atoms with Crippen molar-refractivity contribution in [1.29, 1.82) is 0 Å². The van der Waals surface area contributed by atoms with Crippen molar-refractivity contribution < 1.29 is 9.47 Å². The lowest BCUT2D eigenvalue weighted by molar-refractivity contribution is 0.272. The predicted molar refractivity (Wildman–Crippen MR) is 78.7 cm³/mol. The van der Waals surface area contributed by atoms with Gasteiger partial charge in [-0.3, -0.25) is 0 Å². The first-order valence-corrected chi connectivity index (χ1v) is 6.70. The molecule has 19 heavy (non-hydrogen) atoms. The van der Waals surface area contributed by atoms with Gasteiger partial charge in [0.15, 0.2) is 11.5 Å². The first-order chi connectivity index (χ1) is 9.10. The topological polar surface area (TPSA) is 47.7 Å². The molecule has 0 aliphatic heterocycles. The van der Waals surface area contributed by atoms with Gasteiger partial charge in [0, 0.05) is 13.1 Å². The molecule has 0 saturated carbocycles. The molecule has 0 saturated heterocycles. The summed E-state index contributed by atoms with van der Waals surface area (Å²) >= 11 is 0. The fourth-order valence-electron chi connectivity index (χ4n) is 2.26.